The van der Waals surface area contributed by atoms with Gasteiger partial charge in [-0.1, -0.05) is 159 Å². The molecule has 5 nitrogen and oxygen atoms in total. The maximum absolute atomic E-state index is 13.6. The first-order valence-corrected chi connectivity index (χ1v) is 26.3. The smallest absolute Gasteiger partial charge is 0.367 e. The third-order valence-corrected chi connectivity index (χ3v) is 12.6. The third kappa shape index (κ3) is 34.5. The Bertz CT molecular complexity index is 1090. The molecule has 0 aliphatic heterocycles. The molecule has 0 amide bonds. The van der Waals surface area contributed by atoms with Crippen LogP contribution in [-0.4, -0.2) is 54.8 Å². The molecular weight excluding hydrogens is 759 g/mol. The van der Waals surface area contributed by atoms with E-state index in [2.05, 4.69) is 86.4 Å². The fraction of sp³-hybridized carbons (Fsp3) is 0.778. The molecular formula is C54H95NO4S. The molecule has 3 atom stereocenters. The summed E-state index contributed by atoms with van der Waals surface area (Å²) in [4.78, 5) is 28.4. The molecule has 0 saturated heterocycles. The maximum atomic E-state index is 13.6. The number of esters is 1. The molecule has 0 heterocycles. The molecule has 0 radical (unpaired) electrons. The minimum Gasteiger partial charge on any atom is -0.462 e. The Morgan fingerprint density at radius 2 is 1.08 bits per heavy atom. The normalized spacial score (nSPS) is 17.4. The van der Waals surface area contributed by atoms with E-state index in [1.165, 1.54) is 140 Å². The van der Waals surface area contributed by atoms with Gasteiger partial charge in [-0.05, 0) is 147 Å². The van der Waals surface area contributed by atoms with Gasteiger partial charge in [0.05, 0.1) is 0 Å². The first-order chi connectivity index (χ1) is 29.4. The van der Waals surface area contributed by atoms with Gasteiger partial charge in [0, 0.05) is 24.6 Å². The van der Waals surface area contributed by atoms with E-state index in [-0.39, 0.29) is 35.3 Å². The molecule has 60 heavy (non-hydrogen) atoms. The third-order valence-electron chi connectivity index (χ3n) is 11.9. The van der Waals surface area contributed by atoms with E-state index < -0.39 is 0 Å². The van der Waals surface area contributed by atoms with Gasteiger partial charge >= 0.3 is 11.3 Å². The van der Waals surface area contributed by atoms with Gasteiger partial charge in [0.15, 0.2) is 0 Å². The summed E-state index contributed by atoms with van der Waals surface area (Å²) < 4.78 is 12.3. The molecule has 346 valence electrons. The van der Waals surface area contributed by atoms with Gasteiger partial charge in [-0.15, -0.1) is 0 Å². The molecule has 0 aromatic rings. The predicted molar refractivity (Wildman–Crippen MR) is 264 cm³/mol. The van der Waals surface area contributed by atoms with Crippen molar-refractivity contribution in [3.05, 3.63) is 60.8 Å². The van der Waals surface area contributed by atoms with Crippen molar-refractivity contribution in [1.29, 1.82) is 0 Å². The van der Waals surface area contributed by atoms with Crippen molar-refractivity contribution in [3.8, 4) is 0 Å². The summed E-state index contributed by atoms with van der Waals surface area (Å²) in [5, 5.41) is -0.184. The molecule has 6 heteroatoms. The van der Waals surface area contributed by atoms with Crippen molar-refractivity contribution < 1.29 is 19.1 Å². The lowest BCUT2D eigenvalue weighted by molar-refractivity contribution is -0.151. The summed E-state index contributed by atoms with van der Waals surface area (Å²) in [6.07, 6.45) is 58.6. The molecule has 1 aliphatic rings. The highest BCUT2D eigenvalue weighted by Gasteiger charge is 2.39. The van der Waals surface area contributed by atoms with E-state index in [9.17, 15) is 9.59 Å². The summed E-state index contributed by atoms with van der Waals surface area (Å²) >= 11 is 1.27. The molecule has 3 unspecified atom stereocenters. The molecule has 0 N–H and O–H groups in total. The quantitative estimate of drug-likeness (QED) is 0.0348. The molecule has 1 saturated carbocycles. The van der Waals surface area contributed by atoms with Crippen LogP contribution in [0.2, 0.25) is 0 Å². The van der Waals surface area contributed by atoms with E-state index in [1.54, 1.807) is 0 Å². The maximum Gasteiger partial charge on any atom is 0.367 e. The molecule has 0 aromatic carbocycles. The number of hydrogen-bond acceptors (Lipinski definition) is 6. The van der Waals surface area contributed by atoms with Crippen LogP contribution in [0.25, 0.3) is 0 Å². The average molecular weight is 854 g/mol. The summed E-state index contributed by atoms with van der Waals surface area (Å²) in [6, 6.07) is 0. The lowest BCUT2D eigenvalue weighted by atomic mass is 9.88. The predicted octanol–water partition coefficient (Wildman–Crippen LogP) is 16.9. The number of unbranched alkanes of at least 4 members (excludes halogenated alkanes) is 18. The Labute approximate surface area is 376 Å². The molecule has 0 bridgehead atoms. The highest BCUT2D eigenvalue weighted by molar-refractivity contribution is 8.13. The van der Waals surface area contributed by atoms with Gasteiger partial charge < -0.3 is 14.4 Å². The summed E-state index contributed by atoms with van der Waals surface area (Å²) in [7, 11) is 4.03. The van der Waals surface area contributed by atoms with Crippen LogP contribution >= 0.6 is 11.8 Å². The van der Waals surface area contributed by atoms with Gasteiger partial charge in [0.1, 0.15) is 12.2 Å². The minimum absolute atomic E-state index is 0.00993. The standard InChI is InChI=1S/C54H95NO4S/c1-6-9-12-14-16-18-20-22-24-26-28-30-32-34-36-39-41-50(42-40-37-35-33-31-29-27-25-23-21-19-17-15-13-10-7-2)58-53(56)48-49-44-45-52(51(49)43-38-11-8-3)59-54(57)60-47-46-55(4)5/h11,16-19,22-25,38,49-52H,6-10,12-15,20-21,26-37,39-48H2,1-5H3/b18-16-,19-17-,24-22-,25-23-,38-11-. The van der Waals surface area contributed by atoms with Crippen molar-refractivity contribution in [2.24, 2.45) is 11.8 Å². The summed E-state index contributed by atoms with van der Waals surface area (Å²) in [5.41, 5.74) is 0. The van der Waals surface area contributed by atoms with Crippen LogP contribution in [0.5, 0.6) is 0 Å². The lowest BCUT2D eigenvalue weighted by Gasteiger charge is -2.24. The van der Waals surface area contributed by atoms with E-state index in [4.69, 9.17) is 9.47 Å². The van der Waals surface area contributed by atoms with E-state index in [1.807, 2.05) is 14.1 Å². The topological polar surface area (TPSA) is 55.8 Å². The number of rotatable bonds is 40. The second-order valence-electron chi connectivity index (χ2n) is 17.7. The van der Waals surface area contributed by atoms with Gasteiger partial charge in [-0.3, -0.25) is 4.79 Å². The van der Waals surface area contributed by atoms with Crippen molar-refractivity contribution in [1.82, 2.24) is 4.90 Å². The highest BCUT2D eigenvalue weighted by Crippen LogP contribution is 2.40. The highest BCUT2D eigenvalue weighted by atomic mass is 32.2. The molecule has 1 fully saturated rings. The lowest BCUT2D eigenvalue weighted by Crippen LogP contribution is -2.27. The SMILES string of the molecule is CC/C=C\CC1C(CC(=O)OC(CCCCCCCC/C=C\C/C=C\CCCCC)CCCCCCCC/C=C\C/C=C\CCCCC)CCC1OC(=O)SCCN(C)C. The van der Waals surface area contributed by atoms with Gasteiger partial charge in [0.25, 0.3) is 0 Å². The van der Waals surface area contributed by atoms with Gasteiger partial charge in [-0.25, -0.2) is 4.79 Å². The van der Waals surface area contributed by atoms with E-state index in [0.29, 0.717) is 6.42 Å². The number of carbonyl (C=O) groups is 2. The second kappa shape index (κ2) is 42.3. The Morgan fingerprint density at radius 3 is 1.57 bits per heavy atom. The van der Waals surface area contributed by atoms with Crippen LogP contribution in [0.3, 0.4) is 0 Å². The van der Waals surface area contributed by atoms with Crippen LogP contribution in [-0.2, 0) is 14.3 Å². The monoisotopic (exact) mass is 854 g/mol. The van der Waals surface area contributed by atoms with E-state index >= 15 is 0 Å². The first-order valence-electron chi connectivity index (χ1n) is 25.3. The fourth-order valence-electron chi connectivity index (χ4n) is 8.17. The molecule has 0 spiro atoms. The zero-order valence-electron chi connectivity index (χ0n) is 39.9. The van der Waals surface area contributed by atoms with Crippen molar-refractivity contribution in [2.75, 3.05) is 26.4 Å². The molecule has 0 aromatic heterocycles. The Balaban J connectivity index is 2.55. The molecule has 1 aliphatic carbocycles. The average Bonchev–Trinajstić information content (AvgIpc) is 3.59. The van der Waals surface area contributed by atoms with Crippen LogP contribution in [0, 0.1) is 11.8 Å². The van der Waals surface area contributed by atoms with Crippen molar-refractivity contribution in [2.45, 2.75) is 232 Å². The van der Waals surface area contributed by atoms with Gasteiger partial charge in [-0.2, -0.15) is 0 Å². The Morgan fingerprint density at radius 1 is 0.600 bits per heavy atom. The van der Waals surface area contributed by atoms with Crippen molar-refractivity contribution in [3.63, 3.8) is 0 Å². The largest absolute Gasteiger partial charge is 0.462 e. The minimum atomic E-state index is -0.184. The van der Waals surface area contributed by atoms with Crippen LogP contribution in [0.1, 0.15) is 220 Å². The van der Waals surface area contributed by atoms with E-state index in [0.717, 1.165) is 76.5 Å². The number of nitrogens with zero attached hydrogens (tertiary/aromatic N) is 1. The fourth-order valence-corrected chi connectivity index (χ4v) is 8.99. The second-order valence-corrected chi connectivity index (χ2v) is 18.8. The summed E-state index contributed by atoms with van der Waals surface area (Å²) in [5.74, 6) is 1.02. The first kappa shape index (κ1) is 56.0. The zero-order chi connectivity index (χ0) is 43.6. The van der Waals surface area contributed by atoms with Crippen molar-refractivity contribution >= 4 is 23.0 Å². The Kier molecular flexibility index (Phi) is 39.4. The van der Waals surface area contributed by atoms with Crippen LogP contribution in [0.15, 0.2) is 60.8 Å². The zero-order valence-corrected chi connectivity index (χ0v) is 40.7. The number of ether oxygens (including phenoxy) is 2. The summed E-state index contributed by atoms with van der Waals surface area (Å²) in [6.45, 7) is 7.50. The molecule has 1 rings (SSSR count). The number of allylic oxidation sites excluding steroid dienone is 10. The number of thioether (sulfide) groups is 1. The van der Waals surface area contributed by atoms with Gasteiger partial charge in [0.2, 0.25) is 0 Å². The number of hydrogen-bond donors (Lipinski definition) is 0. The van der Waals surface area contributed by atoms with Crippen LogP contribution < -0.4 is 0 Å². The Hall–Kier alpha value is -2.05. The number of carbonyl (C=O) groups excluding carboxylic acids is 2. The van der Waals surface area contributed by atoms with Crippen LogP contribution in [0.4, 0.5) is 4.79 Å².